The number of thioether (sulfide) groups is 1. The highest BCUT2D eigenvalue weighted by molar-refractivity contribution is 7.99. The molecule has 1 aliphatic heterocycles. The maximum absolute atomic E-state index is 13.9. The van der Waals surface area contributed by atoms with Crippen LogP contribution in [-0.2, 0) is 43.9 Å². The van der Waals surface area contributed by atoms with Crippen molar-refractivity contribution in [3.8, 4) is 33.7 Å². The maximum Gasteiger partial charge on any atom is 0.256 e. The second-order valence-electron chi connectivity index (χ2n) is 17.2. The summed E-state index contributed by atoms with van der Waals surface area (Å²) in [4.78, 5) is 19.0. The van der Waals surface area contributed by atoms with Crippen LogP contribution < -0.4 is 10.0 Å². The van der Waals surface area contributed by atoms with Gasteiger partial charge in [-0.05, 0) is 58.9 Å². The molecule has 5 atom stereocenters. The second kappa shape index (κ2) is 21.8. The number of aliphatic hydroxyl groups is 1. The van der Waals surface area contributed by atoms with Gasteiger partial charge in [0.25, 0.3) is 5.22 Å². The van der Waals surface area contributed by atoms with Crippen LogP contribution in [0.4, 0.5) is 0 Å². The summed E-state index contributed by atoms with van der Waals surface area (Å²) in [6.07, 6.45) is -1.11. The SMILES string of the molecule is Cc1ccc(S(=O)(=O)NC(Cc2ccccc2)C(=O)NCc2ccccc2-c2ccc(C3OC(CSc4nc(-c5ccccc5)c(-c5ccccc5)o4)C(C)C(c4ccc(CO)cc4)O3)cc2)cc1. The van der Waals surface area contributed by atoms with E-state index in [0.29, 0.717) is 16.7 Å². The summed E-state index contributed by atoms with van der Waals surface area (Å²) in [5.41, 5.74) is 9.78. The molecular weight excluding hydrogens is 903 g/mol. The summed E-state index contributed by atoms with van der Waals surface area (Å²) in [7, 11) is -4.00. The Labute approximate surface area is 407 Å². The molecule has 3 N–H and O–H groups in total. The number of amides is 1. The molecule has 1 fully saturated rings. The highest BCUT2D eigenvalue weighted by Gasteiger charge is 2.39. The Morgan fingerprint density at radius 3 is 2.00 bits per heavy atom. The molecule has 0 aliphatic carbocycles. The number of rotatable bonds is 17. The van der Waals surface area contributed by atoms with Gasteiger partial charge in [0.2, 0.25) is 15.9 Å². The maximum atomic E-state index is 13.9. The number of nitrogens with zero attached hydrogens (tertiary/aromatic N) is 1. The van der Waals surface area contributed by atoms with E-state index in [4.69, 9.17) is 18.9 Å². The zero-order valence-corrected chi connectivity index (χ0v) is 39.9. The van der Waals surface area contributed by atoms with Crippen molar-refractivity contribution in [1.82, 2.24) is 15.0 Å². The topological polar surface area (TPSA) is 140 Å². The molecule has 0 saturated carbocycles. The number of aryl methyl sites for hydroxylation is 1. The fourth-order valence-electron chi connectivity index (χ4n) is 8.49. The zero-order chi connectivity index (χ0) is 47.7. The van der Waals surface area contributed by atoms with Gasteiger partial charge in [-0.1, -0.05) is 200 Å². The van der Waals surface area contributed by atoms with Crippen molar-refractivity contribution >= 4 is 27.7 Å². The lowest BCUT2D eigenvalue weighted by atomic mass is 9.91. The molecule has 1 amide bonds. The molecule has 69 heavy (non-hydrogen) atoms. The number of aromatic nitrogens is 1. The standard InChI is InChI=1S/C57H53N3O7S2/c1-38-22-32-48(33-23-38)69(63,64)60-50(34-40-14-6-3-7-15-40)55(62)58-35-47-20-12-13-21-49(47)42-28-30-46(31-29-42)56-65-51(39(2)53(66-56)45-26-24-41(36-61)25-27-45)37-68-57-59-52(43-16-8-4-9-17-43)54(67-57)44-18-10-5-11-19-44/h3-33,39,50-51,53,56,60-61H,34-37H2,1-2H3,(H,58,62). The van der Waals surface area contributed by atoms with Crippen molar-refractivity contribution in [2.45, 2.75) is 68.1 Å². The van der Waals surface area contributed by atoms with Crippen molar-refractivity contribution < 1.29 is 32.2 Å². The molecular formula is C57H53N3O7S2. The summed E-state index contributed by atoms with van der Waals surface area (Å²) in [5.74, 6) is 0.761. The lowest BCUT2D eigenvalue weighted by Crippen LogP contribution is -2.47. The summed E-state index contributed by atoms with van der Waals surface area (Å²) in [6.45, 7) is 4.14. The molecule has 0 spiro atoms. The highest BCUT2D eigenvalue weighted by Crippen LogP contribution is 2.44. The smallest absolute Gasteiger partial charge is 0.256 e. The molecule has 350 valence electrons. The van der Waals surface area contributed by atoms with E-state index < -0.39 is 28.3 Å². The van der Waals surface area contributed by atoms with Crippen molar-refractivity contribution in [3.63, 3.8) is 0 Å². The average molecular weight is 956 g/mol. The fraction of sp³-hybridized carbons (Fsp3) is 0.193. The van der Waals surface area contributed by atoms with Crippen molar-refractivity contribution in [1.29, 1.82) is 0 Å². The van der Waals surface area contributed by atoms with Gasteiger partial charge >= 0.3 is 0 Å². The van der Waals surface area contributed by atoms with Crippen LogP contribution in [0.25, 0.3) is 33.7 Å². The van der Waals surface area contributed by atoms with Gasteiger partial charge in [-0.15, -0.1) is 0 Å². The molecule has 9 rings (SSSR count). The minimum Gasteiger partial charge on any atom is -0.431 e. The number of aliphatic hydroxyl groups excluding tert-OH is 1. The third kappa shape index (κ3) is 11.5. The van der Waals surface area contributed by atoms with Gasteiger partial charge in [-0.3, -0.25) is 4.79 Å². The Kier molecular flexibility index (Phi) is 15.0. The van der Waals surface area contributed by atoms with E-state index in [0.717, 1.165) is 61.3 Å². The van der Waals surface area contributed by atoms with Crippen LogP contribution in [0, 0.1) is 12.8 Å². The van der Waals surface area contributed by atoms with Gasteiger partial charge in [-0.2, -0.15) is 4.72 Å². The highest BCUT2D eigenvalue weighted by atomic mass is 32.2. The van der Waals surface area contributed by atoms with Gasteiger partial charge in [0.15, 0.2) is 12.1 Å². The zero-order valence-electron chi connectivity index (χ0n) is 38.3. The fourth-order valence-corrected chi connectivity index (χ4v) is 10.7. The number of oxazole rings is 1. The molecule has 10 nitrogen and oxygen atoms in total. The van der Waals surface area contributed by atoms with Gasteiger partial charge in [0.1, 0.15) is 11.7 Å². The van der Waals surface area contributed by atoms with Crippen molar-refractivity contribution in [2.24, 2.45) is 5.92 Å². The van der Waals surface area contributed by atoms with Crippen molar-refractivity contribution in [2.75, 3.05) is 5.75 Å². The Hall–Kier alpha value is -6.64. The quantitative estimate of drug-likeness (QED) is 0.0761. The molecule has 7 aromatic carbocycles. The number of nitrogens with one attached hydrogen (secondary N) is 2. The third-order valence-corrected chi connectivity index (χ3v) is 14.8. The lowest BCUT2D eigenvalue weighted by molar-refractivity contribution is -0.268. The number of carbonyl (C=O) groups excluding carboxylic acids is 1. The van der Waals surface area contributed by atoms with Crippen LogP contribution in [0.1, 0.15) is 52.7 Å². The minimum absolute atomic E-state index is 0.0505. The van der Waals surface area contributed by atoms with Crippen LogP contribution in [-0.4, -0.2) is 42.3 Å². The summed E-state index contributed by atoms with van der Waals surface area (Å²) in [6, 6.07) is 58.6. The lowest BCUT2D eigenvalue weighted by Gasteiger charge is -2.41. The van der Waals surface area contributed by atoms with E-state index in [1.807, 2.05) is 171 Å². The molecule has 12 heteroatoms. The number of hydrogen-bond acceptors (Lipinski definition) is 9. The Morgan fingerprint density at radius 2 is 1.32 bits per heavy atom. The summed E-state index contributed by atoms with van der Waals surface area (Å²) in [5, 5.41) is 13.4. The normalized spacial score (nSPS) is 17.6. The molecule has 5 unspecified atom stereocenters. The summed E-state index contributed by atoms with van der Waals surface area (Å²) >= 11 is 1.51. The number of hydrogen-bond donors (Lipinski definition) is 3. The first kappa shape index (κ1) is 47.4. The van der Waals surface area contributed by atoms with E-state index in [1.54, 1.807) is 24.3 Å². The Bertz CT molecular complexity index is 3000. The van der Waals surface area contributed by atoms with E-state index in [1.165, 1.54) is 11.8 Å². The van der Waals surface area contributed by atoms with Gasteiger partial charge < -0.3 is 24.3 Å². The first-order valence-corrected chi connectivity index (χ1v) is 25.4. The largest absolute Gasteiger partial charge is 0.431 e. The average Bonchev–Trinajstić information content (AvgIpc) is 3.83. The van der Waals surface area contributed by atoms with Crippen LogP contribution in [0.3, 0.4) is 0 Å². The van der Waals surface area contributed by atoms with Gasteiger partial charge in [0, 0.05) is 34.9 Å². The van der Waals surface area contributed by atoms with E-state index in [2.05, 4.69) is 17.0 Å². The molecule has 0 bridgehead atoms. The number of ether oxygens (including phenoxy) is 2. The Morgan fingerprint density at radius 1 is 0.696 bits per heavy atom. The molecule has 2 heterocycles. The molecule has 8 aromatic rings. The van der Waals surface area contributed by atoms with E-state index in [-0.39, 0.29) is 42.6 Å². The summed E-state index contributed by atoms with van der Waals surface area (Å²) < 4.78 is 49.8. The van der Waals surface area contributed by atoms with Crippen LogP contribution >= 0.6 is 11.8 Å². The predicted molar refractivity (Wildman–Crippen MR) is 270 cm³/mol. The molecule has 1 saturated heterocycles. The van der Waals surface area contributed by atoms with Crippen LogP contribution in [0.5, 0.6) is 0 Å². The molecule has 1 aliphatic rings. The molecule has 1 aromatic heterocycles. The molecule has 0 radical (unpaired) electrons. The predicted octanol–water partition coefficient (Wildman–Crippen LogP) is 11.3. The first-order valence-electron chi connectivity index (χ1n) is 23.0. The number of benzene rings is 7. The third-order valence-electron chi connectivity index (χ3n) is 12.4. The van der Waals surface area contributed by atoms with Gasteiger partial charge in [0.05, 0.1) is 23.7 Å². The number of sulfonamides is 1. The van der Waals surface area contributed by atoms with Crippen LogP contribution in [0.2, 0.25) is 0 Å². The van der Waals surface area contributed by atoms with Crippen LogP contribution in [0.15, 0.2) is 203 Å². The second-order valence-corrected chi connectivity index (χ2v) is 19.9. The van der Waals surface area contributed by atoms with Crippen molar-refractivity contribution in [3.05, 3.63) is 221 Å². The first-order chi connectivity index (χ1) is 33.6. The van der Waals surface area contributed by atoms with E-state index >= 15 is 0 Å². The van der Waals surface area contributed by atoms with E-state index in [9.17, 15) is 18.3 Å². The Balaban J connectivity index is 0.933. The minimum atomic E-state index is -4.00. The monoisotopic (exact) mass is 955 g/mol. The number of carbonyl (C=O) groups is 1. The van der Waals surface area contributed by atoms with Gasteiger partial charge in [-0.25, -0.2) is 13.4 Å².